The van der Waals surface area contributed by atoms with E-state index < -0.39 is 68.5 Å². The highest BCUT2D eigenvalue weighted by Crippen LogP contribution is 2.33. The van der Waals surface area contributed by atoms with E-state index in [1.807, 2.05) is 0 Å². The van der Waals surface area contributed by atoms with Crippen LogP contribution in [0.2, 0.25) is 0 Å². The minimum absolute atomic E-state index is 0.131. The molecule has 40 heavy (non-hydrogen) atoms. The highest BCUT2D eigenvalue weighted by molar-refractivity contribution is 5.82. The number of hydrogen-bond acceptors (Lipinski definition) is 13. The topological polar surface area (TPSA) is 198 Å². The molecule has 13 nitrogen and oxygen atoms in total. The number of ether oxygens (including phenoxy) is 5. The van der Waals surface area contributed by atoms with Gasteiger partial charge in [-0.25, -0.2) is 0 Å². The number of rotatable bonds is 8. The highest BCUT2D eigenvalue weighted by Gasteiger charge is 2.53. The van der Waals surface area contributed by atoms with Crippen molar-refractivity contribution in [3.63, 3.8) is 0 Å². The van der Waals surface area contributed by atoms with Gasteiger partial charge in [-0.1, -0.05) is 12.1 Å². The van der Waals surface area contributed by atoms with Gasteiger partial charge in [-0.05, 0) is 29.8 Å². The van der Waals surface area contributed by atoms with E-state index in [-0.39, 0.29) is 22.1 Å². The van der Waals surface area contributed by atoms with Crippen molar-refractivity contribution in [3.8, 4) is 22.6 Å². The number of aliphatic hydroxyl groups is 6. The molecule has 2 aliphatic heterocycles. The zero-order valence-electron chi connectivity index (χ0n) is 21.3. The third-order valence-electron chi connectivity index (χ3n) is 7.09. The Bertz CT molecular complexity index is 1380. The van der Waals surface area contributed by atoms with Gasteiger partial charge >= 0.3 is 0 Å². The first-order valence-electron chi connectivity index (χ1n) is 12.5. The third-order valence-corrected chi connectivity index (χ3v) is 7.09. The summed E-state index contributed by atoms with van der Waals surface area (Å²) in [4.78, 5) is 13.2. The lowest BCUT2D eigenvalue weighted by atomic mass is 9.98. The maximum absolute atomic E-state index is 13.2. The summed E-state index contributed by atoms with van der Waals surface area (Å²) in [5, 5.41) is 61.0. The molecule has 0 spiro atoms. The van der Waals surface area contributed by atoms with Crippen molar-refractivity contribution in [2.75, 3.05) is 26.9 Å². The van der Waals surface area contributed by atoms with Crippen molar-refractivity contribution >= 4 is 11.0 Å². The Hall–Kier alpha value is -3.11. The van der Waals surface area contributed by atoms with Crippen LogP contribution in [0.1, 0.15) is 0 Å². The zero-order valence-corrected chi connectivity index (χ0v) is 21.3. The minimum Gasteiger partial charge on any atom is -0.497 e. The van der Waals surface area contributed by atoms with E-state index in [0.717, 1.165) is 0 Å². The van der Waals surface area contributed by atoms with E-state index >= 15 is 0 Å². The fourth-order valence-corrected chi connectivity index (χ4v) is 4.65. The van der Waals surface area contributed by atoms with Crippen molar-refractivity contribution in [1.29, 1.82) is 0 Å². The Balaban J connectivity index is 1.40. The van der Waals surface area contributed by atoms with E-state index in [1.165, 1.54) is 24.5 Å². The molecule has 0 aliphatic carbocycles. The van der Waals surface area contributed by atoms with Crippen molar-refractivity contribution in [2.24, 2.45) is 0 Å². The molecule has 5 rings (SSSR count). The molecule has 0 saturated carbocycles. The molecule has 216 valence electrons. The van der Waals surface area contributed by atoms with Crippen LogP contribution >= 0.6 is 0 Å². The molecule has 8 atom stereocenters. The van der Waals surface area contributed by atoms with Crippen LogP contribution in [-0.4, -0.2) is 106 Å². The van der Waals surface area contributed by atoms with Gasteiger partial charge in [0.1, 0.15) is 53.4 Å². The summed E-state index contributed by atoms with van der Waals surface area (Å²) >= 11 is 0. The summed E-state index contributed by atoms with van der Waals surface area (Å²) in [5.74, 6) is 0.772. The van der Waals surface area contributed by atoms with Gasteiger partial charge in [0.05, 0.1) is 37.9 Å². The van der Waals surface area contributed by atoms with Gasteiger partial charge in [-0.15, -0.1) is 0 Å². The van der Waals surface area contributed by atoms with Crippen LogP contribution in [0.3, 0.4) is 0 Å². The first-order valence-corrected chi connectivity index (χ1v) is 12.5. The second-order valence-electron chi connectivity index (χ2n) is 9.68. The van der Waals surface area contributed by atoms with Gasteiger partial charge in [0.2, 0.25) is 6.29 Å². The molecule has 13 heteroatoms. The molecule has 2 saturated heterocycles. The Morgan fingerprint density at radius 2 is 1.73 bits per heavy atom. The second kappa shape index (κ2) is 11.4. The van der Waals surface area contributed by atoms with E-state index in [9.17, 15) is 35.4 Å². The zero-order chi connectivity index (χ0) is 28.6. The Kier molecular flexibility index (Phi) is 8.10. The Morgan fingerprint density at radius 1 is 1.00 bits per heavy atom. The summed E-state index contributed by atoms with van der Waals surface area (Å²) in [5.41, 5.74) is -1.10. The fourth-order valence-electron chi connectivity index (χ4n) is 4.65. The molecule has 0 amide bonds. The first-order chi connectivity index (χ1) is 19.2. The lowest BCUT2D eigenvalue weighted by molar-refractivity contribution is -0.318. The average Bonchev–Trinajstić information content (AvgIpc) is 3.26. The summed E-state index contributed by atoms with van der Waals surface area (Å²) < 4.78 is 33.3. The van der Waals surface area contributed by atoms with Gasteiger partial charge in [0.15, 0.2) is 17.8 Å². The van der Waals surface area contributed by atoms with Gasteiger partial charge in [-0.2, -0.15) is 0 Å². The molecular formula is C27H30O13. The maximum atomic E-state index is 13.2. The van der Waals surface area contributed by atoms with Gasteiger partial charge in [0.25, 0.3) is 0 Å². The predicted molar refractivity (Wildman–Crippen MR) is 136 cm³/mol. The maximum Gasteiger partial charge on any atom is 0.229 e. The quantitative estimate of drug-likeness (QED) is 0.198. The van der Waals surface area contributed by atoms with Crippen LogP contribution in [-0.2, 0) is 14.2 Å². The van der Waals surface area contributed by atoms with Gasteiger partial charge in [-0.3, -0.25) is 4.79 Å². The SMILES string of the molecule is COc1ccc(-c2coc3cc(OC4OC(CO)C(O)C(O)C4O[C@@H]4OC[C@@](O)(CO)[C@@H]4O)ccc3c2=O)cc1. The monoisotopic (exact) mass is 562 g/mol. The molecule has 2 aromatic carbocycles. The highest BCUT2D eigenvalue weighted by atomic mass is 16.8. The van der Waals surface area contributed by atoms with Crippen LogP contribution in [0.25, 0.3) is 22.1 Å². The van der Waals surface area contributed by atoms with Crippen LogP contribution in [0.5, 0.6) is 11.5 Å². The van der Waals surface area contributed by atoms with Crippen molar-refractivity contribution in [1.82, 2.24) is 0 Å². The number of aliphatic hydroxyl groups excluding tert-OH is 5. The molecule has 6 N–H and O–H groups in total. The number of methoxy groups -OCH3 is 1. The summed E-state index contributed by atoms with van der Waals surface area (Å²) in [6, 6.07) is 11.3. The molecule has 3 heterocycles. The smallest absolute Gasteiger partial charge is 0.229 e. The molecule has 0 bridgehead atoms. The van der Waals surface area contributed by atoms with Crippen LogP contribution in [0.4, 0.5) is 0 Å². The number of fused-ring (bicyclic) bond motifs is 1. The lowest BCUT2D eigenvalue weighted by Gasteiger charge is -2.42. The summed E-state index contributed by atoms with van der Waals surface area (Å²) in [6.07, 6.45) is -9.29. The molecule has 5 unspecified atom stereocenters. The molecular weight excluding hydrogens is 532 g/mol. The fraction of sp³-hybridized carbons (Fsp3) is 0.444. The number of hydrogen-bond donors (Lipinski definition) is 6. The molecule has 0 radical (unpaired) electrons. The normalized spacial score (nSPS) is 32.3. The van der Waals surface area contributed by atoms with Gasteiger partial charge < -0.3 is 58.7 Å². The largest absolute Gasteiger partial charge is 0.497 e. The van der Waals surface area contributed by atoms with E-state index in [2.05, 4.69) is 0 Å². The minimum atomic E-state index is -1.99. The molecule has 2 aliphatic rings. The summed E-state index contributed by atoms with van der Waals surface area (Å²) in [6.45, 7) is -1.91. The second-order valence-corrected chi connectivity index (χ2v) is 9.68. The van der Waals surface area contributed by atoms with E-state index in [0.29, 0.717) is 16.9 Å². The Labute approximate surface area is 227 Å². The lowest BCUT2D eigenvalue weighted by Crippen LogP contribution is -2.62. The summed E-state index contributed by atoms with van der Waals surface area (Å²) in [7, 11) is 1.54. The van der Waals surface area contributed by atoms with Crippen LogP contribution in [0, 0.1) is 0 Å². The van der Waals surface area contributed by atoms with Crippen molar-refractivity contribution in [2.45, 2.75) is 48.7 Å². The van der Waals surface area contributed by atoms with E-state index in [4.69, 9.17) is 28.1 Å². The molecule has 1 aromatic heterocycles. The van der Waals surface area contributed by atoms with Crippen LogP contribution < -0.4 is 14.9 Å². The standard InChI is InChI=1S/C27H30O13/c1-35-14-4-2-13(3-5-14)17-10-36-18-8-15(6-7-16(18)20(17)30)38-25-23(22(32)21(31)19(9-28)39-25)40-26-24(33)27(34,11-29)12-37-26/h2-8,10,19,21-26,28-29,31-34H,9,11-12H2,1H3/t19?,21?,22?,23?,24-,25?,26+,27+/m1/s1. The van der Waals surface area contributed by atoms with Crippen molar-refractivity contribution in [3.05, 3.63) is 59.0 Å². The van der Waals surface area contributed by atoms with Crippen LogP contribution in [0.15, 0.2) is 57.9 Å². The number of benzene rings is 2. The first kappa shape index (κ1) is 28.4. The van der Waals surface area contributed by atoms with Crippen molar-refractivity contribution < 1.29 is 58.7 Å². The molecule has 3 aromatic rings. The molecule has 2 fully saturated rings. The predicted octanol–water partition coefficient (Wildman–Crippen LogP) is -0.888. The van der Waals surface area contributed by atoms with E-state index in [1.54, 1.807) is 31.4 Å². The average molecular weight is 563 g/mol. The third kappa shape index (κ3) is 5.19. The Morgan fingerprint density at radius 3 is 2.38 bits per heavy atom. The van der Waals surface area contributed by atoms with Gasteiger partial charge in [0, 0.05) is 6.07 Å².